The predicted molar refractivity (Wildman–Crippen MR) is 48.1 cm³/mol. The Kier molecular flexibility index (Phi) is 2.64. The molecule has 0 aliphatic rings. The van der Waals surface area contributed by atoms with E-state index in [1.165, 1.54) is 11.3 Å². The first kappa shape index (κ1) is 8.70. The molecule has 4 N–H and O–H groups in total. The van der Waals surface area contributed by atoms with Gasteiger partial charge in [-0.05, 0) is 22.0 Å². The summed E-state index contributed by atoms with van der Waals surface area (Å²) in [6.07, 6.45) is 0. The Morgan fingerprint density at radius 2 is 2.36 bits per heavy atom. The van der Waals surface area contributed by atoms with E-state index in [1.807, 2.05) is 5.38 Å². The Morgan fingerprint density at radius 3 is 2.73 bits per heavy atom. The molecule has 1 heterocycles. The summed E-state index contributed by atoms with van der Waals surface area (Å²) in [4.78, 5) is 11.4. The van der Waals surface area contributed by atoms with Crippen LogP contribution in [0.25, 0.3) is 0 Å². The second-order valence-corrected chi connectivity index (χ2v) is 3.91. The Labute approximate surface area is 76.5 Å². The molecule has 0 aliphatic heterocycles. The van der Waals surface area contributed by atoms with Gasteiger partial charge in [-0.25, -0.2) is 0 Å². The van der Waals surface area contributed by atoms with E-state index in [1.54, 1.807) is 6.07 Å². The highest BCUT2D eigenvalue weighted by Gasteiger charge is 2.13. The zero-order valence-electron chi connectivity index (χ0n) is 5.58. The minimum atomic E-state index is -0.675. The molecule has 1 aromatic heterocycles. The minimum absolute atomic E-state index is 0.501. The fourth-order valence-electron chi connectivity index (χ4n) is 0.632. The number of nitrogens with two attached hydrogens (primary N) is 2. The van der Waals surface area contributed by atoms with Crippen LogP contribution in [0.2, 0.25) is 0 Å². The Bertz CT molecular complexity index is 273. The lowest BCUT2D eigenvalue weighted by atomic mass is 10.2. The van der Waals surface area contributed by atoms with Crippen LogP contribution in [-0.4, -0.2) is 5.91 Å². The molecule has 1 atom stereocenters. The first-order valence-electron chi connectivity index (χ1n) is 2.90. The van der Waals surface area contributed by atoms with Gasteiger partial charge in [0.15, 0.2) is 0 Å². The van der Waals surface area contributed by atoms with E-state index >= 15 is 0 Å². The molecule has 0 aliphatic carbocycles. The Balaban J connectivity index is 2.84. The second-order valence-electron chi connectivity index (χ2n) is 2.05. The lowest BCUT2D eigenvalue weighted by Gasteiger charge is -2.01. The smallest absolute Gasteiger partial charge is 0.239 e. The zero-order valence-corrected chi connectivity index (χ0v) is 7.98. The first-order chi connectivity index (χ1) is 5.11. The Morgan fingerprint density at radius 1 is 1.73 bits per heavy atom. The van der Waals surface area contributed by atoms with Crippen molar-refractivity contribution >= 4 is 33.2 Å². The topological polar surface area (TPSA) is 69.1 Å². The number of hydrogen-bond acceptors (Lipinski definition) is 3. The van der Waals surface area contributed by atoms with Gasteiger partial charge in [0.25, 0.3) is 0 Å². The van der Waals surface area contributed by atoms with Crippen LogP contribution < -0.4 is 11.5 Å². The number of hydrogen-bond donors (Lipinski definition) is 2. The molecular weight excluding hydrogens is 228 g/mol. The van der Waals surface area contributed by atoms with Gasteiger partial charge in [-0.2, -0.15) is 0 Å². The molecule has 60 valence electrons. The highest BCUT2D eigenvalue weighted by Crippen LogP contribution is 2.23. The van der Waals surface area contributed by atoms with Crippen molar-refractivity contribution in [2.45, 2.75) is 6.04 Å². The molecule has 0 spiro atoms. The van der Waals surface area contributed by atoms with Gasteiger partial charge in [-0.1, -0.05) is 0 Å². The fourth-order valence-corrected chi connectivity index (χ4v) is 2.08. The molecule has 1 rings (SSSR count). The van der Waals surface area contributed by atoms with E-state index in [0.717, 1.165) is 9.35 Å². The fraction of sp³-hybridized carbons (Fsp3) is 0.167. The zero-order chi connectivity index (χ0) is 8.43. The van der Waals surface area contributed by atoms with Gasteiger partial charge in [-0.15, -0.1) is 11.3 Å². The predicted octanol–water partition coefficient (Wildman–Crippen LogP) is 0.996. The van der Waals surface area contributed by atoms with Crippen LogP contribution in [0.3, 0.4) is 0 Å². The van der Waals surface area contributed by atoms with E-state index in [-0.39, 0.29) is 0 Å². The van der Waals surface area contributed by atoms with Crippen LogP contribution in [0.5, 0.6) is 0 Å². The normalized spacial score (nSPS) is 12.9. The number of amides is 1. The minimum Gasteiger partial charge on any atom is -0.368 e. The maximum absolute atomic E-state index is 10.6. The molecule has 0 bridgehead atoms. The first-order valence-corrected chi connectivity index (χ1v) is 4.57. The molecule has 3 nitrogen and oxygen atoms in total. The van der Waals surface area contributed by atoms with Crippen LogP contribution in [0.15, 0.2) is 15.9 Å². The SMILES string of the molecule is NC(=O)C(N)c1cc(Br)cs1. The number of carbonyl (C=O) groups is 1. The summed E-state index contributed by atoms with van der Waals surface area (Å²) in [5, 5.41) is 1.86. The van der Waals surface area contributed by atoms with Crippen molar-refractivity contribution in [2.24, 2.45) is 11.5 Å². The molecule has 1 unspecified atom stereocenters. The van der Waals surface area contributed by atoms with Gasteiger partial charge < -0.3 is 11.5 Å². The lowest BCUT2D eigenvalue weighted by Crippen LogP contribution is -2.27. The summed E-state index contributed by atoms with van der Waals surface area (Å²) in [7, 11) is 0. The van der Waals surface area contributed by atoms with Crippen molar-refractivity contribution in [3.05, 3.63) is 20.8 Å². The molecule has 1 amide bonds. The van der Waals surface area contributed by atoms with E-state index in [0.29, 0.717) is 0 Å². The molecule has 0 saturated carbocycles. The number of halogens is 1. The van der Waals surface area contributed by atoms with E-state index in [4.69, 9.17) is 11.5 Å². The van der Waals surface area contributed by atoms with Gasteiger partial charge in [0.1, 0.15) is 6.04 Å². The van der Waals surface area contributed by atoms with Gasteiger partial charge in [0.05, 0.1) is 0 Å². The maximum Gasteiger partial charge on any atom is 0.239 e. The van der Waals surface area contributed by atoms with Crippen molar-refractivity contribution in [3.63, 3.8) is 0 Å². The number of primary amides is 1. The van der Waals surface area contributed by atoms with Crippen molar-refractivity contribution in [1.82, 2.24) is 0 Å². The molecule has 0 radical (unpaired) electrons. The van der Waals surface area contributed by atoms with Crippen molar-refractivity contribution in [1.29, 1.82) is 0 Å². The maximum atomic E-state index is 10.6. The summed E-state index contributed by atoms with van der Waals surface area (Å²) in [6, 6.07) is 1.12. The van der Waals surface area contributed by atoms with Gasteiger partial charge >= 0.3 is 0 Å². The second kappa shape index (κ2) is 3.34. The molecule has 0 fully saturated rings. The van der Waals surface area contributed by atoms with Gasteiger partial charge in [0.2, 0.25) is 5.91 Å². The van der Waals surface area contributed by atoms with Crippen LogP contribution in [0, 0.1) is 0 Å². The average Bonchev–Trinajstić information content (AvgIpc) is 2.34. The summed E-state index contributed by atoms with van der Waals surface area (Å²) in [5.41, 5.74) is 10.5. The van der Waals surface area contributed by atoms with E-state index in [2.05, 4.69) is 15.9 Å². The molecule has 11 heavy (non-hydrogen) atoms. The average molecular weight is 235 g/mol. The lowest BCUT2D eigenvalue weighted by molar-refractivity contribution is -0.119. The van der Waals surface area contributed by atoms with Crippen LogP contribution >= 0.6 is 27.3 Å². The number of rotatable bonds is 2. The molecule has 5 heteroatoms. The van der Waals surface area contributed by atoms with E-state index in [9.17, 15) is 4.79 Å². The summed E-state index contributed by atoms with van der Waals surface area (Å²) < 4.78 is 0.925. The highest BCUT2D eigenvalue weighted by atomic mass is 79.9. The monoisotopic (exact) mass is 234 g/mol. The standard InChI is InChI=1S/C6H7BrN2OS/c7-3-1-4(11-2-3)5(8)6(9)10/h1-2,5H,8H2,(H2,9,10). The van der Waals surface area contributed by atoms with Crippen molar-refractivity contribution < 1.29 is 4.79 Å². The van der Waals surface area contributed by atoms with Crippen LogP contribution in [0.1, 0.15) is 10.9 Å². The third-order valence-electron chi connectivity index (χ3n) is 1.20. The number of thiophene rings is 1. The largest absolute Gasteiger partial charge is 0.368 e. The van der Waals surface area contributed by atoms with Gasteiger partial charge in [-0.3, -0.25) is 4.79 Å². The quantitative estimate of drug-likeness (QED) is 0.802. The van der Waals surface area contributed by atoms with E-state index < -0.39 is 11.9 Å². The number of carbonyl (C=O) groups excluding carboxylic acids is 1. The van der Waals surface area contributed by atoms with Crippen LogP contribution in [-0.2, 0) is 4.79 Å². The molecule has 0 saturated heterocycles. The summed E-state index contributed by atoms with van der Waals surface area (Å²) in [5.74, 6) is -0.501. The van der Waals surface area contributed by atoms with Crippen molar-refractivity contribution in [3.8, 4) is 0 Å². The van der Waals surface area contributed by atoms with Crippen molar-refractivity contribution in [2.75, 3.05) is 0 Å². The third-order valence-corrected chi connectivity index (χ3v) is 2.98. The molecule has 1 aromatic rings. The van der Waals surface area contributed by atoms with Crippen LogP contribution in [0.4, 0.5) is 0 Å². The summed E-state index contributed by atoms with van der Waals surface area (Å²) in [6.45, 7) is 0. The highest BCUT2D eigenvalue weighted by molar-refractivity contribution is 9.10. The third kappa shape index (κ3) is 2.02. The molecular formula is C6H7BrN2OS. The van der Waals surface area contributed by atoms with Gasteiger partial charge in [0, 0.05) is 14.7 Å². The molecule has 0 aromatic carbocycles. The summed E-state index contributed by atoms with van der Waals surface area (Å²) >= 11 is 4.67. The Hall–Kier alpha value is -0.390.